The number of esters is 1. The lowest BCUT2D eigenvalue weighted by Crippen LogP contribution is -2.60. The highest BCUT2D eigenvalue weighted by molar-refractivity contribution is 5.66. The summed E-state index contributed by atoms with van der Waals surface area (Å²) in [5.41, 5.74) is 2.14. The van der Waals surface area contributed by atoms with Crippen molar-refractivity contribution in [3.05, 3.63) is 71.8 Å². The van der Waals surface area contributed by atoms with Crippen molar-refractivity contribution < 1.29 is 38.3 Å². The number of carbonyl (C=O) groups is 1. The lowest BCUT2D eigenvalue weighted by Gasteiger charge is -2.48. The van der Waals surface area contributed by atoms with E-state index >= 15 is 0 Å². The van der Waals surface area contributed by atoms with Gasteiger partial charge in [-0.05, 0) is 29.9 Å². The zero-order valence-corrected chi connectivity index (χ0v) is 23.5. The molecule has 0 bridgehead atoms. The van der Waals surface area contributed by atoms with Gasteiger partial charge in [0.15, 0.2) is 18.7 Å². The summed E-state index contributed by atoms with van der Waals surface area (Å²) in [4.78, 5) is 11.9. The highest BCUT2D eigenvalue weighted by Gasteiger charge is 2.49. The van der Waals surface area contributed by atoms with Gasteiger partial charge in [-0.2, -0.15) is 0 Å². The highest BCUT2D eigenvalue weighted by atomic mass is 16.7. The molecule has 1 N–H and O–H groups in total. The van der Waals surface area contributed by atoms with Crippen molar-refractivity contribution in [1.82, 2.24) is 0 Å². The van der Waals surface area contributed by atoms with Crippen LogP contribution in [0.4, 0.5) is 0 Å². The topological polar surface area (TPSA) is 92.7 Å². The maximum atomic E-state index is 11.9. The van der Waals surface area contributed by atoms with Gasteiger partial charge in [-0.1, -0.05) is 81.4 Å². The number of aliphatic hydroxyl groups is 1. The van der Waals surface area contributed by atoms with Crippen LogP contribution < -0.4 is 0 Å². The molecule has 2 heterocycles. The van der Waals surface area contributed by atoms with Crippen LogP contribution >= 0.6 is 0 Å². The Kier molecular flexibility index (Phi) is 10.5. The molecule has 8 nitrogen and oxygen atoms in total. The first-order valence-electron chi connectivity index (χ1n) is 13.8. The Morgan fingerprint density at radius 3 is 2.03 bits per heavy atom. The number of hydrogen-bond donors (Lipinski definition) is 1. The summed E-state index contributed by atoms with van der Waals surface area (Å²) in [6, 6.07) is 20.0. The Hall–Kier alpha value is -2.33. The van der Waals surface area contributed by atoms with Crippen LogP contribution in [-0.2, 0) is 46.4 Å². The van der Waals surface area contributed by atoms with E-state index in [9.17, 15) is 9.90 Å². The van der Waals surface area contributed by atoms with Gasteiger partial charge in [0.05, 0.1) is 32.0 Å². The smallest absolute Gasteiger partial charge is 0.303 e. The molecule has 2 saturated heterocycles. The first-order chi connectivity index (χ1) is 18.7. The monoisotopic (exact) mass is 542 g/mol. The van der Waals surface area contributed by atoms with Crippen LogP contribution in [-0.4, -0.2) is 60.8 Å². The lowest BCUT2D eigenvalue weighted by atomic mass is 9.83. The predicted molar refractivity (Wildman–Crippen MR) is 144 cm³/mol. The minimum atomic E-state index is -1.31. The zero-order chi connectivity index (χ0) is 27.9. The molecule has 2 aromatic rings. The Balaban J connectivity index is 1.52. The molecule has 2 aliphatic heterocycles. The summed E-state index contributed by atoms with van der Waals surface area (Å²) >= 11 is 0. The number of rotatable bonds is 10. The van der Waals surface area contributed by atoms with Crippen LogP contribution in [0.5, 0.6) is 0 Å². The molecule has 2 fully saturated rings. The van der Waals surface area contributed by atoms with Crippen molar-refractivity contribution in [2.75, 3.05) is 6.61 Å². The molecular weight excluding hydrogens is 500 g/mol. The van der Waals surface area contributed by atoms with E-state index in [1.54, 1.807) is 0 Å². The maximum Gasteiger partial charge on any atom is 0.303 e. The van der Waals surface area contributed by atoms with Crippen molar-refractivity contribution in [3.63, 3.8) is 0 Å². The van der Waals surface area contributed by atoms with Gasteiger partial charge < -0.3 is 33.5 Å². The number of benzene rings is 2. The summed E-state index contributed by atoms with van der Waals surface area (Å²) in [6.45, 7) is 10.7. The lowest BCUT2D eigenvalue weighted by molar-refractivity contribution is -0.342. The molecule has 4 unspecified atom stereocenters. The van der Waals surface area contributed by atoms with E-state index in [0.717, 1.165) is 11.1 Å². The summed E-state index contributed by atoms with van der Waals surface area (Å²) in [6.07, 6.45) is -4.68. The van der Waals surface area contributed by atoms with Crippen LogP contribution in [0.1, 0.15) is 45.7 Å². The standard InChI is InChI=1S/C31H42O8/c1-19-20(2)28(35-17-25-14-10-7-11-15-25)31(38-26(19)18-34-16-24-12-8-6-9-13-24)39-27-21(3)22(4)36-30(33)29(27)37-23(5)32/h6-15,19-22,26-31,33H,16-18H2,1-5H3/t19-,20?,21-,22?,26+,27+,28?,29?,30+,31+/m0/s1. The molecule has 0 amide bonds. The molecule has 0 saturated carbocycles. The van der Waals surface area contributed by atoms with Gasteiger partial charge in [0.2, 0.25) is 0 Å². The van der Waals surface area contributed by atoms with E-state index in [1.165, 1.54) is 6.92 Å². The second kappa shape index (κ2) is 13.8. The molecule has 0 radical (unpaired) electrons. The Morgan fingerprint density at radius 2 is 1.41 bits per heavy atom. The summed E-state index contributed by atoms with van der Waals surface area (Å²) in [5, 5.41) is 10.6. The van der Waals surface area contributed by atoms with Crippen molar-refractivity contribution in [3.8, 4) is 0 Å². The quantitative estimate of drug-likeness (QED) is 0.440. The first-order valence-corrected chi connectivity index (χ1v) is 13.8. The van der Waals surface area contributed by atoms with Crippen LogP contribution in [0.3, 0.4) is 0 Å². The normalized spacial score (nSPS) is 34.9. The van der Waals surface area contributed by atoms with Gasteiger partial charge in [0.25, 0.3) is 0 Å². The molecular formula is C31H42O8. The molecule has 39 heavy (non-hydrogen) atoms. The van der Waals surface area contributed by atoms with E-state index in [4.69, 9.17) is 28.4 Å². The number of ether oxygens (including phenoxy) is 6. The fourth-order valence-corrected chi connectivity index (χ4v) is 5.25. The average Bonchev–Trinajstić information content (AvgIpc) is 2.92. The maximum absolute atomic E-state index is 11.9. The fourth-order valence-electron chi connectivity index (χ4n) is 5.25. The molecule has 2 aliphatic rings. The predicted octanol–water partition coefficient (Wildman–Crippen LogP) is 4.48. The van der Waals surface area contributed by atoms with E-state index in [0.29, 0.717) is 19.8 Å². The highest BCUT2D eigenvalue weighted by Crippen LogP contribution is 2.37. The molecule has 0 spiro atoms. The van der Waals surface area contributed by atoms with E-state index in [2.05, 4.69) is 13.8 Å². The fraction of sp³-hybridized carbons (Fsp3) is 0.581. The van der Waals surface area contributed by atoms with Crippen molar-refractivity contribution >= 4 is 5.97 Å². The third-order valence-electron chi connectivity index (χ3n) is 8.00. The molecule has 0 aliphatic carbocycles. The van der Waals surface area contributed by atoms with Crippen molar-refractivity contribution in [2.24, 2.45) is 17.8 Å². The van der Waals surface area contributed by atoms with Gasteiger partial charge in [0, 0.05) is 12.8 Å². The van der Waals surface area contributed by atoms with Gasteiger partial charge in [0.1, 0.15) is 12.2 Å². The SMILES string of the molecule is CC(=O)OC1[C@H](O)OC(C)[C@H](C)[C@H]1O[C@H]1O[C@H](COCc2ccccc2)[C@@H](C)C(C)C1OCc1ccccc1. The third-order valence-corrected chi connectivity index (χ3v) is 8.00. The van der Waals surface area contributed by atoms with Crippen molar-refractivity contribution in [1.29, 1.82) is 0 Å². The number of aliphatic hydroxyl groups excluding tert-OH is 1. The minimum absolute atomic E-state index is 0.0717. The van der Waals surface area contributed by atoms with Gasteiger partial charge in [-0.25, -0.2) is 0 Å². The molecule has 10 atom stereocenters. The molecule has 2 aromatic carbocycles. The number of hydrogen-bond acceptors (Lipinski definition) is 8. The summed E-state index contributed by atoms with van der Waals surface area (Å²) in [7, 11) is 0. The summed E-state index contributed by atoms with van der Waals surface area (Å²) in [5.74, 6) is -0.503. The Morgan fingerprint density at radius 1 is 0.795 bits per heavy atom. The molecule has 8 heteroatoms. The van der Waals surface area contributed by atoms with Gasteiger partial charge in [-0.15, -0.1) is 0 Å². The van der Waals surface area contributed by atoms with E-state index < -0.39 is 36.9 Å². The largest absolute Gasteiger partial charge is 0.454 e. The van der Waals surface area contributed by atoms with Crippen LogP contribution in [0, 0.1) is 17.8 Å². The van der Waals surface area contributed by atoms with Crippen LogP contribution in [0.25, 0.3) is 0 Å². The van der Waals surface area contributed by atoms with Crippen LogP contribution in [0.2, 0.25) is 0 Å². The summed E-state index contributed by atoms with van der Waals surface area (Å²) < 4.78 is 36.7. The van der Waals surface area contributed by atoms with E-state index in [1.807, 2.05) is 74.5 Å². The zero-order valence-electron chi connectivity index (χ0n) is 23.5. The molecule has 214 valence electrons. The van der Waals surface area contributed by atoms with Gasteiger partial charge >= 0.3 is 5.97 Å². The van der Waals surface area contributed by atoms with Crippen LogP contribution in [0.15, 0.2) is 60.7 Å². The molecule has 4 rings (SSSR count). The Bertz CT molecular complexity index is 1020. The second-order valence-corrected chi connectivity index (χ2v) is 10.8. The first kappa shape index (κ1) is 29.6. The number of carbonyl (C=O) groups excluding carboxylic acids is 1. The van der Waals surface area contributed by atoms with Crippen molar-refractivity contribution in [2.45, 2.75) is 90.9 Å². The molecule has 0 aromatic heterocycles. The average molecular weight is 543 g/mol. The second-order valence-electron chi connectivity index (χ2n) is 10.8. The minimum Gasteiger partial charge on any atom is -0.454 e. The third kappa shape index (κ3) is 7.66. The Labute approximate surface area is 231 Å². The van der Waals surface area contributed by atoms with E-state index in [-0.39, 0.29) is 30.0 Å². The van der Waals surface area contributed by atoms with Gasteiger partial charge in [-0.3, -0.25) is 4.79 Å².